The van der Waals surface area contributed by atoms with Crippen LogP contribution in [0.1, 0.15) is 11.6 Å². The van der Waals surface area contributed by atoms with Crippen molar-refractivity contribution in [2.75, 3.05) is 0 Å². The zero-order valence-corrected chi connectivity index (χ0v) is 6.20. The average molecular weight is 157 g/mol. The maximum Gasteiger partial charge on any atom is 0.138 e. The Morgan fingerprint density at radius 1 is 1.70 bits per heavy atom. The molecule has 0 aliphatic carbocycles. The van der Waals surface area contributed by atoms with Crippen LogP contribution < -0.4 is 5.73 Å². The molecule has 3 heteroatoms. The fourth-order valence-electron chi connectivity index (χ4n) is 0.656. The van der Waals surface area contributed by atoms with Crippen molar-refractivity contribution < 1.29 is 4.39 Å². The van der Waals surface area contributed by atoms with Gasteiger partial charge in [0.2, 0.25) is 0 Å². The van der Waals surface area contributed by atoms with E-state index in [0.29, 0.717) is 5.56 Å². The number of thiophene rings is 1. The first kappa shape index (κ1) is 7.44. The summed E-state index contributed by atoms with van der Waals surface area (Å²) in [5.74, 6) is -0.239. The van der Waals surface area contributed by atoms with Crippen LogP contribution >= 0.6 is 11.3 Å². The molecule has 0 saturated carbocycles. The van der Waals surface area contributed by atoms with Crippen LogP contribution in [0.4, 0.5) is 4.39 Å². The van der Waals surface area contributed by atoms with Crippen LogP contribution in [0, 0.1) is 5.82 Å². The van der Waals surface area contributed by atoms with Gasteiger partial charge in [-0.1, -0.05) is 6.08 Å². The van der Waals surface area contributed by atoms with E-state index in [4.69, 9.17) is 5.73 Å². The third-order valence-electron chi connectivity index (χ3n) is 1.26. The van der Waals surface area contributed by atoms with Gasteiger partial charge in [0.1, 0.15) is 5.82 Å². The Kier molecular flexibility index (Phi) is 2.19. The molecule has 1 unspecified atom stereocenters. The third kappa shape index (κ3) is 1.25. The first-order valence-corrected chi connectivity index (χ1v) is 3.79. The van der Waals surface area contributed by atoms with Crippen LogP contribution in [0.25, 0.3) is 0 Å². The van der Waals surface area contributed by atoms with Crippen molar-refractivity contribution in [3.8, 4) is 0 Å². The summed E-state index contributed by atoms with van der Waals surface area (Å²) in [5, 5.41) is 3.13. The highest BCUT2D eigenvalue weighted by atomic mass is 32.1. The second kappa shape index (κ2) is 2.94. The Morgan fingerprint density at radius 2 is 2.40 bits per heavy atom. The molecule has 1 nitrogen and oxygen atoms in total. The highest BCUT2D eigenvalue weighted by Gasteiger charge is 2.07. The van der Waals surface area contributed by atoms with Gasteiger partial charge >= 0.3 is 0 Å². The number of hydrogen-bond donors (Lipinski definition) is 1. The van der Waals surface area contributed by atoms with Crippen molar-refractivity contribution in [3.63, 3.8) is 0 Å². The van der Waals surface area contributed by atoms with E-state index in [1.807, 2.05) is 0 Å². The van der Waals surface area contributed by atoms with Crippen molar-refractivity contribution in [2.24, 2.45) is 5.73 Å². The minimum absolute atomic E-state index is 0.239. The molecule has 0 aliphatic rings. The molecule has 0 bridgehead atoms. The van der Waals surface area contributed by atoms with Gasteiger partial charge in [-0.2, -0.15) is 0 Å². The smallest absolute Gasteiger partial charge is 0.138 e. The van der Waals surface area contributed by atoms with Gasteiger partial charge in [0.25, 0.3) is 0 Å². The summed E-state index contributed by atoms with van der Waals surface area (Å²) in [6, 6.07) is -0.369. The maximum atomic E-state index is 12.7. The number of halogens is 1. The van der Waals surface area contributed by atoms with Crippen LogP contribution in [0.2, 0.25) is 0 Å². The summed E-state index contributed by atoms with van der Waals surface area (Å²) in [5.41, 5.74) is 6.02. The molecule has 1 rings (SSSR count). The van der Waals surface area contributed by atoms with E-state index < -0.39 is 0 Å². The predicted octanol–water partition coefficient (Wildman–Crippen LogP) is 2.07. The van der Waals surface area contributed by atoms with Gasteiger partial charge < -0.3 is 5.73 Å². The van der Waals surface area contributed by atoms with Crippen LogP contribution in [-0.2, 0) is 0 Å². The molecule has 0 radical (unpaired) electrons. The number of rotatable bonds is 2. The van der Waals surface area contributed by atoms with Gasteiger partial charge in [0, 0.05) is 10.9 Å². The highest BCUT2D eigenvalue weighted by molar-refractivity contribution is 7.08. The number of hydrogen-bond acceptors (Lipinski definition) is 2. The van der Waals surface area contributed by atoms with E-state index in [1.165, 1.54) is 22.8 Å². The summed E-state index contributed by atoms with van der Waals surface area (Å²) >= 11 is 1.31. The van der Waals surface area contributed by atoms with Gasteiger partial charge in [0.05, 0.1) is 6.04 Å². The van der Waals surface area contributed by atoms with Gasteiger partial charge in [-0.15, -0.1) is 17.9 Å². The lowest BCUT2D eigenvalue weighted by molar-refractivity contribution is 0.609. The molecular formula is C7H8FNS. The number of nitrogens with two attached hydrogens (primary N) is 1. The van der Waals surface area contributed by atoms with Crippen LogP contribution in [0.3, 0.4) is 0 Å². The van der Waals surface area contributed by atoms with Gasteiger partial charge in [-0.05, 0) is 5.38 Å². The van der Waals surface area contributed by atoms with Crippen molar-refractivity contribution in [3.05, 3.63) is 34.8 Å². The topological polar surface area (TPSA) is 26.0 Å². The summed E-state index contributed by atoms with van der Waals surface area (Å²) in [6.07, 6.45) is 1.52. The van der Waals surface area contributed by atoms with Crippen molar-refractivity contribution in [1.82, 2.24) is 0 Å². The molecule has 1 heterocycles. The summed E-state index contributed by atoms with van der Waals surface area (Å²) in [4.78, 5) is 0. The Hall–Kier alpha value is -0.670. The molecule has 1 atom stereocenters. The largest absolute Gasteiger partial charge is 0.321 e. The third-order valence-corrected chi connectivity index (χ3v) is 1.99. The first-order valence-electron chi connectivity index (χ1n) is 2.85. The molecular weight excluding hydrogens is 149 g/mol. The molecule has 0 saturated heterocycles. The van der Waals surface area contributed by atoms with Gasteiger partial charge in [-0.25, -0.2) is 4.39 Å². The second-order valence-electron chi connectivity index (χ2n) is 1.94. The maximum absolute atomic E-state index is 12.7. The van der Waals surface area contributed by atoms with E-state index >= 15 is 0 Å². The normalized spacial score (nSPS) is 13.0. The van der Waals surface area contributed by atoms with E-state index in [1.54, 1.807) is 5.38 Å². The fourth-order valence-corrected chi connectivity index (χ4v) is 1.40. The van der Waals surface area contributed by atoms with E-state index in [-0.39, 0.29) is 11.9 Å². The fraction of sp³-hybridized carbons (Fsp3) is 0.143. The zero-order chi connectivity index (χ0) is 7.56. The SMILES string of the molecule is C=CC(N)c1cscc1F. The highest BCUT2D eigenvalue weighted by Crippen LogP contribution is 2.19. The standard InChI is InChI=1S/C7H8FNS/c1-2-7(9)5-3-10-4-6(5)8/h2-4,7H,1,9H2. The minimum Gasteiger partial charge on any atom is -0.321 e. The minimum atomic E-state index is -0.369. The van der Waals surface area contributed by atoms with E-state index in [2.05, 4.69) is 6.58 Å². The van der Waals surface area contributed by atoms with Crippen molar-refractivity contribution >= 4 is 11.3 Å². The molecule has 0 aliphatic heterocycles. The molecule has 0 aromatic carbocycles. The Balaban J connectivity index is 2.92. The molecule has 0 fully saturated rings. The molecule has 54 valence electrons. The molecule has 10 heavy (non-hydrogen) atoms. The monoisotopic (exact) mass is 157 g/mol. The Labute approximate surface area is 63.0 Å². The van der Waals surface area contributed by atoms with Crippen LogP contribution in [0.15, 0.2) is 23.4 Å². The molecule has 0 amide bonds. The average Bonchev–Trinajstić information content (AvgIpc) is 2.34. The lowest BCUT2D eigenvalue weighted by Crippen LogP contribution is -2.06. The second-order valence-corrected chi connectivity index (χ2v) is 2.68. The molecule has 0 spiro atoms. The lowest BCUT2D eigenvalue weighted by Gasteiger charge is -2.01. The summed E-state index contributed by atoms with van der Waals surface area (Å²) < 4.78 is 12.7. The van der Waals surface area contributed by atoms with Crippen LogP contribution in [0.5, 0.6) is 0 Å². The van der Waals surface area contributed by atoms with Gasteiger partial charge in [-0.3, -0.25) is 0 Å². The summed E-state index contributed by atoms with van der Waals surface area (Å²) in [7, 11) is 0. The molecule has 2 N–H and O–H groups in total. The Bertz CT molecular complexity index is 231. The van der Waals surface area contributed by atoms with E-state index in [9.17, 15) is 4.39 Å². The quantitative estimate of drug-likeness (QED) is 0.653. The van der Waals surface area contributed by atoms with Crippen molar-refractivity contribution in [2.45, 2.75) is 6.04 Å². The summed E-state index contributed by atoms with van der Waals surface area (Å²) in [6.45, 7) is 3.47. The van der Waals surface area contributed by atoms with Crippen molar-refractivity contribution in [1.29, 1.82) is 0 Å². The molecule has 1 aromatic heterocycles. The zero-order valence-electron chi connectivity index (χ0n) is 5.38. The van der Waals surface area contributed by atoms with E-state index in [0.717, 1.165) is 0 Å². The predicted molar refractivity (Wildman–Crippen MR) is 41.4 cm³/mol. The first-order chi connectivity index (χ1) is 4.75. The lowest BCUT2D eigenvalue weighted by atomic mass is 10.1. The van der Waals surface area contributed by atoms with Gasteiger partial charge in [0.15, 0.2) is 0 Å². The molecule has 1 aromatic rings. The Morgan fingerprint density at radius 3 is 2.80 bits per heavy atom. The van der Waals surface area contributed by atoms with Crippen LogP contribution in [-0.4, -0.2) is 0 Å².